The molecule has 0 amide bonds. The highest BCUT2D eigenvalue weighted by Gasteiger charge is 2.65. The smallest absolute Gasteiger partial charge is 0.0893 e. The molecule has 1 heterocycles. The Balaban J connectivity index is 2.04. The van der Waals surface area contributed by atoms with Gasteiger partial charge in [-0.25, -0.2) is 9.97 Å². The quantitative estimate of drug-likeness (QED) is 0.622. The first-order valence-corrected chi connectivity index (χ1v) is 10.1. The molecule has 1 aromatic heterocycles. The Labute approximate surface area is 148 Å². The van der Waals surface area contributed by atoms with E-state index < -0.39 is 0 Å². The van der Waals surface area contributed by atoms with Crippen LogP contribution in [-0.2, 0) is 5.41 Å². The molecule has 2 aromatic rings. The zero-order valence-corrected chi connectivity index (χ0v) is 16.4. The molecule has 1 fully saturated rings. The summed E-state index contributed by atoms with van der Waals surface area (Å²) >= 11 is 7.60. The van der Waals surface area contributed by atoms with E-state index in [4.69, 9.17) is 9.97 Å². The van der Waals surface area contributed by atoms with Gasteiger partial charge in [-0.3, -0.25) is 0 Å². The molecule has 0 N–H and O–H groups in total. The van der Waals surface area contributed by atoms with Crippen LogP contribution < -0.4 is 0 Å². The van der Waals surface area contributed by atoms with Crippen molar-refractivity contribution >= 4 is 42.9 Å². The Kier molecular flexibility index (Phi) is 3.26. The first-order chi connectivity index (χ1) is 10.5. The van der Waals surface area contributed by atoms with E-state index in [9.17, 15) is 0 Å². The lowest BCUT2D eigenvalue weighted by atomic mass is 9.70. The summed E-state index contributed by atoms with van der Waals surface area (Å²) in [5, 5.41) is 1.97. The van der Waals surface area contributed by atoms with Crippen LogP contribution in [0.3, 0.4) is 0 Å². The second kappa shape index (κ2) is 4.76. The molecule has 0 aliphatic heterocycles. The minimum absolute atomic E-state index is 0.122. The first kappa shape index (κ1) is 15.1. The van der Waals surface area contributed by atoms with E-state index in [1.54, 1.807) is 0 Å². The third kappa shape index (κ3) is 1.61. The van der Waals surface area contributed by atoms with Crippen molar-refractivity contribution in [2.45, 2.75) is 44.9 Å². The van der Waals surface area contributed by atoms with Gasteiger partial charge in [-0.15, -0.1) is 0 Å². The lowest BCUT2D eigenvalue weighted by Gasteiger charge is -2.38. The van der Waals surface area contributed by atoms with Crippen LogP contribution in [0.4, 0.5) is 0 Å². The van der Waals surface area contributed by atoms with Crippen molar-refractivity contribution < 1.29 is 0 Å². The van der Waals surface area contributed by atoms with Crippen molar-refractivity contribution in [1.82, 2.24) is 9.97 Å². The SMILES string of the molecule is Cc1cc2nc3c(nc2cc1C)C1(CBr)CCC3C1(C)CBr. The fourth-order valence-corrected chi connectivity index (χ4v) is 6.69. The van der Waals surface area contributed by atoms with E-state index in [2.05, 4.69) is 64.8 Å². The Morgan fingerprint density at radius 1 is 1.09 bits per heavy atom. The number of aryl methyl sites for hydroxylation is 2. The molecule has 4 rings (SSSR count). The maximum atomic E-state index is 5.11. The second-order valence-electron chi connectivity index (χ2n) is 7.24. The van der Waals surface area contributed by atoms with Crippen LogP contribution in [0.1, 0.15) is 48.2 Å². The van der Waals surface area contributed by atoms with Gasteiger partial charge < -0.3 is 0 Å². The van der Waals surface area contributed by atoms with Gasteiger partial charge in [0.2, 0.25) is 0 Å². The fraction of sp³-hybridized carbons (Fsp3) is 0.556. The molecular formula is C18H20Br2N2. The molecule has 3 unspecified atom stereocenters. The monoisotopic (exact) mass is 422 g/mol. The topological polar surface area (TPSA) is 25.8 Å². The molecule has 1 aromatic carbocycles. The fourth-order valence-electron chi connectivity index (χ4n) is 4.58. The van der Waals surface area contributed by atoms with Crippen molar-refractivity contribution in [3.05, 3.63) is 34.6 Å². The number of hydrogen-bond acceptors (Lipinski definition) is 2. The van der Waals surface area contributed by atoms with Gasteiger partial charge in [-0.2, -0.15) is 0 Å². The molecule has 2 nitrogen and oxygen atoms in total. The maximum absolute atomic E-state index is 5.11. The largest absolute Gasteiger partial charge is 0.249 e. The lowest BCUT2D eigenvalue weighted by molar-refractivity contribution is 0.243. The average Bonchev–Trinajstić information content (AvgIpc) is 2.91. The summed E-state index contributed by atoms with van der Waals surface area (Å²) in [7, 11) is 0. The van der Waals surface area contributed by atoms with Crippen LogP contribution in [0.15, 0.2) is 12.1 Å². The van der Waals surface area contributed by atoms with Gasteiger partial charge in [0.15, 0.2) is 0 Å². The summed E-state index contributed by atoms with van der Waals surface area (Å²) in [6, 6.07) is 4.38. The van der Waals surface area contributed by atoms with Gasteiger partial charge in [-0.05, 0) is 55.4 Å². The van der Waals surface area contributed by atoms with Gasteiger partial charge in [0.1, 0.15) is 0 Å². The van der Waals surface area contributed by atoms with Crippen LogP contribution in [-0.4, -0.2) is 20.6 Å². The summed E-state index contributed by atoms with van der Waals surface area (Å²) in [6.45, 7) is 6.71. The molecule has 116 valence electrons. The van der Waals surface area contributed by atoms with Gasteiger partial charge in [-0.1, -0.05) is 38.8 Å². The standard InChI is InChI=1S/C18H20Br2N2/c1-10-6-13-14(7-11(10)2)22-16-15(21-13)12-4-5-18(16,9-20)17(12,3)8-19/h6-7,12H,4-5,8-9H2,1-3H3. The molecule has 0 radical (unpaired) electrons. The number of halogens is 2. The molecular weight excluding hydrogens is 404 g/mol. The highest BCUT2D eigenvalue weighted by molar-refractivity contribution is 9.09. The van der Waals surface area contributed by atoms with Crippen molar-refractivity contribution in [2.24, 2.45) is 5.41 Å². The minimum atomic E-state index is 0.122. The molecule has 0 saturated heterocycles. The molecule has 0 spiro atoms. The van der Waals surface area contributed by atoms with Crippen molar-refractivity contribution in [3.63, 3.8) is 0 Å². The number of nitrogens with zero attached hydrogens (tertiary/aromatic N) is 2. The molecule has 4 heteroatoms. The molecule has 2 aliphatic rings. The van der Waals surface area contributed by atoms with E-state index in [1.807, 2.05) is 0 Å². The van der Waals surface area contributed by atoms with E-state index in [0.29, 0.717) is 5.92 Å². The Morgan fingerprint density at radius 2 is 1.73 bits per heavy atom. The molecule has 2 aliphatic carbocycles. The third-order valence-corrected chi connectivity index (χ3v) is 8.44. The summed E-state index contributed by atoms with van der Waals surface area (Å²) in [5.41, 5.74) is 7.52. The number of hydrogen-bond donors (Lipinski definition) is 0. The normalized spacial score (nSPS) is 32.7. The maximum Gasteiger partial charge on any atom is 0.0893 e. The summed E-state index contributed by atoms with van der Waals surface area (Å²) in [5.74, 6) is 0.526. The lowest BCUT2D eigenvalue weighted by Crippen LogP contribution is -2.40. The van der Waals surface area contributed by atoms with Crippen molar-refractivity contribution in [1.29, 1.82) is 0 Å². The molecule has 22 heavy (non-hydrogen) atoms. The number of benzene rings is 1. The number of rotatable bonds is 2. The van der Waals surface area contributed by atoms with E-state index >= 15 is 0 Å². The highest BCUT2D eigenvalue weighted by atomic mass is 79.9. The van der Waals surface area contributed by atoms with Crippen molar-refractivity contribution in [3.8, 4) is 0 Å². The van der Waals surface area contributed by atoms with Crippen LogP contribution in [0, 0.1) is 19.3 Å². The molecule has 1 saturated carbocycles. The average molecular weight is 424 g/mol. The predicted octanol–water partition coefficient (Wildman–Crippen LogP) is 5.17. The predicted molar refractivity (Wildman–Crippen MR) is 98.4 cm³/mol. The van der Waals surface area contributed by atoms with Gasteiger partial charge in [0, 0.05) is 22.0 Å². The van der Waals surface area contributed by atoms with Gasteiger partial charge in [0.25, 0.3) is 0 Å². The van der Waals surface area contributed by atoms with Crippen LogP contribution in [0.5, 0.6) is 0 Å². The molecule has 2 bridgehead atoms. The summed E-state index contributed by atoms with van der Waals surface area (Å²) < 4.78 is 0. The number of fused-ring (bicyclic) bond motifs is 6. The zero-order chi connectivity index (χ0) is 15.7. The van der Waals surface area contributed by atoms with E-state index in [1.165, 1.54) is 35.4 Å². The van der Waals surface area contributed by atoms with Crippen LogP contribution in [0.25, 0.3) is 11.0 Å². The van der Waals surface area contributed by atoms with Gasteiger partial charge >= 0.3 is 0 Å². The number of alkyl halides is 2. The minimum Gasteiger partial charge on any atom is -0.249 e. The van der Waals surface area contributed by atoms with E-state index in [0.717, 1.165) is 21.7 Å². The summed E-state index contributed by atoms with van der Waals surface area (Å²) in [6.07, 6.45) is 2.44. The summed E-state index contributed by atoms with van der Waals surface area (Å²) in [4.78, 5) is 10.2. The van der Waals surface area contributed by atoms with E-state index in [-0.39, 0.29) is 10.8 Å². The second-order valence-corrected chi connectivity index (χ2v) is 8.36. The molecule has 3 atom stereocenters. The number of aromatic nitrogens is 2. The Bertz CT molecular complexity index is 788. The van der Waals surface area contributed by atoms with Crippen LogP contribution >= 0.6 is 31.9 Å². The third-order valence-electron chi connectivity index (χ3n) is 6.32. The Hall–Kier alpha value is -0.480. The first-order valence-electron chi connectivity index (χ1n) is 7.88. The van der Waals surface area contributed by atoms with Crippen molar-refractivity contribution in [2.75, 3.05) is 10.7 Å². The zero-order valence-electron chi connectivity index (χ0n) is 13.2. The van der Waals surface area contributed by atoms with Crippen LogP contribution in [0.2, 0.25) is 0 Å². The Morgan fingerprint density at radius 3 is 2.32 bits per heavy atom. The van der Waals surface area contributed by atoms with Gasteiger partial charge in [0.05, 0.1) is 22.4 Å². The highest BCUT2D eigenvalue weighted by Crippen LogP contribution is 2.68.